The minimum atomic E-state index is -3.62. The van der Waals surface area contributed by atoms with Crippen molar-refractivity contribution in [1.29, 1.82) is 0 Å². The molecule has 0 fully saturated rings. The lowest BCUT2D eigenvalue weighted by molar-refractivity contribution is -0.141. The molecule has 0 aromatic heterocycles. The zero-order chi connectivity index (χ0) is 30.7. The van der Waals surface area contributed by atoms with E-state index in [2.05, 4.69) is 5.32 Å². The Kier molecular flexibility index (Phi) is 12.2. The Morgan fingerprint density at radius 1 is 0.976 bits per heavy atom. The number of hydrogen-bond donors (Lipinski definition) is 1. The second-order valence-corrected chi connectivity index (χ2v) is 12.7. The molecular weight excluding hydrogens is 574 g/mol. The van der Waals surface area contributed by atoms with Crippen LogP contribution in [0.3, 0.4) is 0 Å². The summed E-state index contributed by atoms with van der Waals surface area (Å²) in [5.41, 5.74) is 2.21. The molecule has 0 heterocycles. The molecule has 0 saturated carbocycles. The number of ether oxygens (including phenoxy) is 1. The first kappa shape index (κ1) is 32.9. The smallest absolute Gasteiger partial charge is 0.243 e. The summed E-state index contributed by atoms with van der Waals surface area (Å²) < 4.78 is 31.9. The molecule has 8 nitrogen and oxygen atoms in total. The van der Waals surface area contributed by atoms with E-state index in [-0.39, 0.29) is 43.8 Å². The van der Waals surface area contributed by atoms with Crippen LogP contribution in [0.15, 0.2) is 78.9 Å². The highest BCUT2D eigenvalue weighted by Crippen LogP contribution is 2.24. The van der Waals surface area contributed by atoms with Crippen LogP contribution in [0, 0.1) is 0 Å². The van der Waals surface area contributed by atoms with E-state index in [1.165, 1.54) is 11.4 Å². The maximum Gasteiger partial charge on any atom is 0.243 e. The molecule has 226 valence electrons. The minimum Gasteiger partial charge on any atom is -0.497 e. The summed E-state index contributed by atoms with van der Waals surface area (Å²) in [6, 6.07) is 22.7. The summed E-state index contributed by atoms with van der Waals surface area (Å²) in [5, 5.41) is 3.63. The fourth-order valence-corrected chi connectivity index (χ4v) is 5.63. The monoisotopic (exact) mass is 613 g/mol. The van der Waals surface area contributed by atoms with Gasteiger partial charge in [0.1, 0.15) is 11.8 Å². The van der Waals surface area contributed by atoms with Crippen LogP contribution in [0.5, 0.6) is 5.75 Å². The molecule has 3 aromatic rings. The summed E-state index contributed by atoms with van der Waals surface area (Å²) in [4.78, 5) is 29.1. The fraction of sp³-hybridized carbons (Fsp3) is 0.375. The van der Waals surface area contributed by atoms with Gasteiger partial charge in [-0.1, -0.05) is 67.1 Å². The molecule has 42 heavy (non-hydrogen) atoms. The number of rotatable bonds is 15. The van der Waals surface area contributed by atoms with Crippen molar-refractivity contribution in [3.05, 3.63) is 95.0 Å². The van der Waals surface area contributed by atoms with Crippen molar-refractivity contribution in [2.45, 2.75) is 58.2 Å². The van der Waals surface area contributed by atoms with Crippen molar-refractivity contribution >= 4 is 39.1 Å². The van der Waals surface area contributed by atoms with Gasteiger partial charge in [0, 0.05) is 43.1 Å². The van der Waals surface area contributed by atoms with Crippen LogP contribution in [0.25, 0.3) is 0 Å². The lowest BCUT2D eigenvalue weighted by Crippen LogP contribution is -2.52. The topological polar surface area (TPSA) is 96.0 Å². The molecule has 10 heteroatoms. The molecular formula is C32H40ClN3O5S. The standard InChI is InChI=1S/C32H40ClN3O5S/c1-5-24(2)34-32(38)30(21-25-11-7-6-8-12-25)35(23-26-16-18-27(33)19-17-26)31(37)15-10-20-36(42(4,39)40)28-13-9-14-29(22-28)41-3/h6-9,11-14,16-19,22,24,30H,5,10,15,20-21,23H2,1-4H3,(H,34,38). The van der Waals surface area contributed by atoms with Crippen LogP contribution < -0.4 is 14.4 Å². The summed E-state index contributed by atoms with van der Waals surface area (Å²) >= 11 is 6.10. The number of carbonyl (C=O) groups excluding carboxylic acids is 2. The second kappa shape index (κ2) is 15.6. The van der Waals surface area contributed by atoms with Crippen molar-refractivity contribution in [3.8, 4) is 5.75 Å². The number of amides is 2. The van der Waals surface area contributed by atoms with Crippen LogP contribution in [0.4, 0.5) is 5.69 Å². The highest BCUT2D eigenvalue weighted by Gasteiger charge is 2.31. The SMILES string of the molecule is CCC(C)NC(=O)C(Cc1ccccc1)N(Cc1ccc(Cl)cc1)C(=O)CCCN(c1cccc(OC)c1)S(C)(=O)=O. The number of halogens is 1. The Labute approximate surface area is 254 Å². The maximum absolute atomic E-state index is 13.9. The molecule has 0 radical (unpaired) electrons. The zero-order valence-electron chi connectivity index (χ0n) is 24.6. The Hall–Kier alpha value is -3.56. The largest absolute Gasteiger partial charge is 0.497 e. The van der Waals surface area contributed by atoms with Crippen LogP contribution in [0.1, 0.15) is 44.2 Å². The Bertz CT molecular complexity index is 1420. The Morgan fingerprint density at radius 3 is 2.29 bits per heavy atom. The fourth-order valence-electron chi connectivity index (χ4n) is 4.55. The molecule has 0 spiro atoms. The number of sulfonamides is 1. The van der Waals surface area contributed by atoms with E-state index in [0.717, 1.165) is 23.8 Å². The molecule has 2 atom stereocenters. The van der Waals surface area contributed by atoms with Gasteiger partial charge in [0.2, 0.25) is 21.8 Å². The average Bonchev–Trinajstić information content (AvgIpc) is 2.97. The molecule has 0 saturated heterocycles. The molecule has 1 N–H and O–H groups in total. The van der Waals surface area contributed by atoms with Crippen molar-refractivity contribution in [1.82, 2.24) is 10.2 Å². The summed E-state index contributed by atoms with van der Waals surface area (Å²) in [7, 11) is -2.11. The number of carbonyl (C=O) groups is 2. The number of nitrogens with zero attached hydrogens (tertiary/aromatic N) is 2. The molecule has 2 amide bonds. The van der Waals surface area contributed by atoms with Gasteiger partial charge in [0.25, 0.3) is 0 Å². The predicted molar refractivity (Wildman–Crippen MR) is 168 cm³/mol. The van der Waals surface area contributed by atoms with Gasteiger partial charge in [-0.25, -0.2) is 8.42 Å². The molecule has 3 rings (SSSR count). The van der Waals surface area contributed by atoms with E-state index < -0.39 is 16.1 Å². The molecule has 0 aliphatic carbocycles. The van der Waals surface area contributed by atoms with Crippen LogP contribution in [0.2, 0.25) is 5.02 Å². The Morgan fingerprint density at radius 2 is 1.67 bits per heavy atom. The van der Waals surface area contributed by atoms with Crippen LogP contribution >= 0.6 is 11.6 Å². The van der Waals surface area contributed by atoms with Gasteiger partial charge in [-0.05, 0) is 55.2 Å². The van der Waals surface area contributed by atoms with Crippen molar-refractivity contribution in [2.75, 3.05) is 24.2 Å². The van der Waals surface area contributed by atoms with E-state index in [1.807, 2.05) is 56.3 Å². The lowest BCUT2D eigenvalue weighted by Gasteiger charge is -2.32. The second-order valence-electron chi connectivity index (χ2n) is 10.3. The van der Waals surface area contributed by atoms with Crippen molar-refractivity contribution < 1.29 is 22.7 Å². The average molecular weight is 614 g/mol. The quantitative estimate of drug-likeness (QED) is 0.246. The van der Waals surface area contributed by atoms with E-state index in [0.29, 0.717) is 22.9 Å². The van der Waals surface area contributed by atoms with Crippen LogP contribution in [-0.2, 0) is 32.6 Å². The van der Waals surface area contributed by atoms with Gasteiger partial charge in [0.15, 0.2) is 0 Å². The first-order valence-electron chi connectivity index (χ1n) is 14.0. The zero-order valence-corrected chi connectivity index (χ0v) is 26.2. The highest BCUT2D eigenvalue weighted by atomic mass is 35.5. The first-order valence-corrected chi connectivity index (χ1v) is 16.2. The molecule has 0 aliphatic rings. The highest BCUT2D eigenvalue weighted by molar-refractivity contribution is 7.92. The van der Waals surface area contributed by atoms with Gasteiger partial charge in [0.05, 0.1) is 19.1 Å². The molecule has 2 unspecified atom stereocenters. The van der Waals surface area contributed by atoms with Gasteiger partial charge in [-0.3, -0.25) is 13.9 Å². The number of anilines is 1. The van der Waals surface area contributed by atoms with Crippen molar-refractivity contribution in [3.63, 3.8) is 0 Å². The van der Waals surface area contributed by atoms with E-state index in [9.17, 15) is 18.0 Å². The summed E-state index contributed by atoms with van der Waals surface area (Å²) in [5.74, 6) is 0.0522. The van der Waals surface area contributed by atoms with E-state index in [1.54, 1.807) is 41.3 Å². The normalized spacial score (nSPS) is 12.7. The van der Waals surface area contributed by atoms with Gasteiger partial charge < -0.3 is 15.0 Å². The predicted octanol–water partition coefficient (Wildman–Crippen LogP) is 5.45. The minimum absolute atomic E-state index is 0.0471. The van der Waals surface area contributed by atoms with Gasteiger partial charge in [-0.15, -0.1) is 0 Å². The maximum atomic E-state index is 13.9. The van der Waals surface area contributed by atoms with Gasteiger partial charge in [-0.2, -0.15) is 0 Å². The van der Waals surface area contributed by atoms with Gasteiger partial charge >= 0.3 is 0 Å². The third-order valence-corrected chi connectivity index (χ3v) is 8.48. The van der Waals surface area contributed by atoms with Crippen LogP contribution in [-0.4, -0.2) is 57.1 Å². The van der Waals surface area contributed by atoms with E-state index in [4.69, 9.17) is 16.3 Å². The first-order chi connectivity index (χ1) is 20.0. The van der Waals surface area contributed by atoms with Crippen molar-refractivity contribution in [2.24, 2.45) is 0 Å². The number of nitrogens with one attached hydrogen (secondary N) is 1. The lowest BCUT2D eigenvalue weighted by atomic mass is 10.0. The van der Waals surface area contributed by atoms with E-state index >= 15 is 0 Å². The summed E-state index contributed by atoms with van der Waals surface area (Å²) in [6.45, 7) is 4.22. The molecule has 0 bridgehead atoms. The number of methoxy groups -OCH3 is 1. The summed E-state index contributed by atoms with van der Waals surface area (Å²) in [6.07, 6.45) is 2.52. The molecule has 3 aromatic carbocycles. The third kappa shape index (κ3) is 9.77. The Balaban J connectivity index is 1.89. The number of hydrogen-bond acceptors (Lipinski definition) is 5. The third-order valence-electron chi connectivity index (χ3n) is 7.03. The molecule has 0 aliphatic heterocycles. The number of benzene rings is 3.